The molecule has 1 atom stereocenters. The van der Waals surface area contributed by atoms with Gasteiger partial charge in [-0.2, -0.15) is 0 Å². The Labute approximate surface area is 110 Å². The fourth-order valence-electron chi connectivity index (χ4n) is 3.05. The molecule has 1 fully saturated rings. The molecular formula is C16H24FN. The van der Waals surface area contributed by atoms with E-state index in [1.807, 2.05) is 13.0 Å². The zero-order valence-electron chi connectivity index (χ0n) is 11.5. The number of benzene rings is 1. The second-order valence-corrected chi connectivity index (χ2v) is 5.44. The van der Waals surface area contributed by atoms with Crippen LogP contribution in [-0.4, -0.2) is 6.54 Å². The molecule has 18 heavy (non-hydrogen) atoms. The maximum absolute atomic E-state index is 13.7. The van der Waals surface area contributed by atoms with E-state index in [-0.39, 0.29) is 5.82 Å². The van der Waals surface area contributed by atoms with Gasteiger partial charge in [0.25, 0.3) is 0 Å². The van der Waals surface area contributed by atoms with Crippen LogP contribution in [0.3, 0.4) is 0 Å². The molecule has 100 valence electrons. The summed E-state index contributed by atoms with van der Waals surface area (Å²) < 4.78 is 13.7. The van der Waals surface area contributed by atoms with Crippen molar-refractivity contribution in [2.75, 3.05) is 6.54 Å². The molecule has 1 unspecified atom stereocenters. The molecule has 0 bridgehead atoms. The molecule has 0 radical (unpaired) electrons. The van der Waals surface area contributed by atoms with Crippen molar-refractivity contribution < 1.29 is 4.39 Å². The number of halogens is 1. The molecule has 2 heteroatoms. The zero-order valence-corrected chi connectivity index (χ0v) is 11.5. The summed E-state index contributed by atoms with van der Waals surface area (Å²) in [7, 11) is 0. The number of hydrogen-bond donors (Lipinski definition) is 1. The van der Waals surface area contributed by atoms with Crippen molar-refractivity contribution in [1.29, 1.82) is 0 Å². The summed E-state index contributed by atoms with van der Waals surface area (Å²) in [5.74, 6) is 0.590. The first-order chi connectivity index (χ1) is 8.72. The predicted octanol–water partition coefficient (Wildman–Crippen LogP) is 4.37. The molecule has 1 aliphatic rings. The normalized spacial score (nSPS) is 18.8. The van der Waals surface area contributed by atoms with E-state index >= 15 is 0 Å². The maximum atomic E-state index is 13.7. The van der Waals surface area contributed by atoms with Gasteiger partial charge in [0.1, 0.15) is 5.82 Å². The minimum atomic E-state index is -0.0776. The van der Waals surface area contributed by atoms with Gasteiger partial charge in [-0.3, -0.25) is 0 Å². The molecule has 1 nitrogen and oxygen atoms in total. The molecule has 2 rings (SSSR count). The van der Waals surface area contributed by atoms with Crippen LogP contribution in [0.2, 0.25) is 0 Å². The van der Waals surface area contributed by atoms with Crippen LogP contribution < -0.4 is 5.32 Å². The Morgan fingerprint density at radius 3 is 2.61 bits per heavy atom. The topological polar surface area (TPSA) is 12.0 Å². The van der Waals surface area contributed by atoms with Gasteiger partial charge in [-0.15, -0.1) is 0 Å². The van der Waals surface area contributed by atoms with Crippen LogP contribution in [0.1, 0.15) is 56.2 Å². The van der Waals surface area contributed by atoms with Crippen LogP contribution in [0, 0.1) is 18.7 Å². The molecule has 1 aromatic rings. The first kappa shape index (κ1) is 13.5. The molecule has 0 saturated heterocycles. The van der Waals surface area contributed by atoms with Crippen LogP contribution in [-0.2, 0) is 0 Å². The number of hydrogen-bond acceptors (Lipinski definition) is 1. The highest BCUT2D eigenvalue weighted by molar-refractivity contribution is 5.26. The fourth-order valence-corrected chi connectivity index (χ4v) is 3.05. The van der Waals surface area contributed by atoms with Crippen LogP contribution in [0.15, 0.2) is 18.2 Å². The summed E-state index contributed by atoms with van der Waals surface area (Å²) >= 11 is 0. The Hall–Kier alpha value is -0.890. The second-order valence-electron chi connectivity index (χ2n) is 5.44. The minimum Gasteiger partial charge on any atom is -0.310 e. The SMILES string of the molecule is CCNC(c1ccc(C)c(F)c1)C1CCCCC1. The summed E-state index contributed by atoms with van der Waals surface area (Å²) in [5.41, 5.74) is 1.85. The molecule has 1 aromatic carbocycles. The number of aryl methyl sites for hydroxylation is 1. The number of rotatable bonds is 4. The highest BCUT2D eigenvalue weighted by Crippen LogP contribution is 2.34. The van der Waals surface area contributed by atoms with E-state index in [0.717, 1.165) is 17.7 Å². The van der Waals surface area contributed by atoms with Crippen molar-refractivity contribution >= 4 is 0 Å². The van der Waals surface area contributed by atoms with Crippen molar-refractivity contribution in [1.82, 2.24) is 5.32 Å². The Kier molecular flexibility index (Phi) is 4.76. The van der Waals surface area contributed by atoms with Gasteiger partial charge in [0.15, 0.2) is 0 Å². The lowest BCUT2D eigenvalue weighted by atomic mass is 9.81. The van der Waals surface area contributed by atoms with E-state index in [1.165, 1.54) is 32.1 Å². The quantitative estimate of drug-likeness (QED) is 0.835. The minimum absolute atomic E-state index is 0.0776. The van der Waals surface area contributed by atoms with Gasteiger partial charge >= 0.3 is 0 Å². The van der Waals surface area contributed by atoms with Crippen molar-refractivity contribution in [3.05, 3.63) is 35.1 Å². The van der Waals surface area contributed by atoms with Gasteiger partial charge in [0, 0.05) is 6.04 Å². The molecule has 0 aromatic heterocycles. The highest BCUT2D eigenvalue weighted by Gasteiger charge is 2.24. The molecule has 1 N–H and O–H groups in total. The van der Waals surface area contributed by atoms with E-state index < -0.39 is 0 Å². The lowest BCUT2D eigenvalue weighted by Crippen LogP contribution is -2.29. The molecule has 0 amide bonds. The van der Waals surface area contributed by atoms with Crippen molar-refractivity contribution in [3.8, 4) is 0 Å². The van der Waals surface area contributed by atoms with Crippen molar-refractivity contribution in [3.63, 3.8) is 0 Å². The lowest BCUT2D eigenvalue weighted by molar-refractivity contribution is 0.274. The van der Waals surface area contributed by atoms with Gasteiger partial charge in [-0.05, 0) is 49.4 Å². The molecule has 0 aliphatic heterocycles. The molecule has 0 heterocycles. The average Bonchev–Trinajstić information content (AvgIpc) is 2.40. The van der Waals surface area contributed by atoms with Crippen LogP contribution in [0.25, 0.3) is 0 Å². The summed E-state index contributed by atoms with van der Waals surface area (Å²) in [5, 5.41) is 3.55. The van der Waals surface area contributed by atoms with Crippen LogP contribution in [0.4, 0.5) is 4.39 Å². The van der Waals surface area contributed by atoms with E-state index in [2.05, 4.69) is 18.3 Å². The van der Waals surface area contributed by atoms with Crippen LogP contribution in [0.5, 0.6) is 0 Å². The van der Waals surface area contributed by atoms with E-state index in [9.17, 15) is 4.39 Å². The van der Waals surface area contributed by atoms with Gasteiger partial charge in [-0.25, -0.2) is 4.39 Å². The Bertz CT molecular complexity index is 383. The third kappa shape index (κ3) is 3.11. The monoisotopic (exact) mass is 249 g/mol. The summed E-state index contributed by atoms with van der Waals surface area (Å²) in [6.45, 7) is 4.89. The van der Waals surface area contributed by atoms with Gasteiger partial charge < -0.3 is 5.32 Å². The predicted molar refractivity (Wildman–Crippen MR) is 74.1 cm³/mol. The molecular weight excluding hydrogens is 225 g/mol. The summed E-state index contributed by atoms with van der Waals surface area (Å²) in [6, 6.07) is 6.03. The molecule has 1 aliphatic carbocycles. The third-order valence-corrected chi connectivity index (χ3v) is 4.10. The highest BCUT2D eigenvalue weighted by atomic mass is 19.1. The van der Waals surface area contributed by atoms with E-state index in [1.54, 1.807) is 6.07 Å². The van der Waals surface area contributed by atoms with Crippen molar-refractivity contribution in [2.45, 2.75) is 52.0 Å². The fraction of sp³-hybridized carbons (Fsp3) is 0.625. The first-order valence-electron chi connectivity index (χ1n) is 7.21. The smallest absolute Gasteiger partial charge is 0.126 e. The van der Waals surface area contributed by atoms with Crippen molar-refractivity contribution in [2.24, 2.45) is 5.92 Å². The molecule has 1 saturated carbocycles. The van der Waals surface area contributed by atoms with E-state index in [4.69, 9.17) is 0 Å². The Balaban J connectivity index is 2.19. The first-order valence-corrected chi connectivity index (χ1v) is 7.21. The van der Waals surface area contributed by atoms with Crippen LogP contribution >= 0.6 is 0 Å². The lowest BCUT2D eigenvalue weighted by Gasteiger charge is -2.31. The maximum Gasteiger partial charge on any atom is 0.126 e. The van der Waals surface area contributed by atoms with Gasteiger partial charge in [0.2, 0.25) is 0 Å². The summed E-state index contributed by atoms with van der Waals surface area (Å²) in [6.07, 6.45) is 6.54. The van der Waals surface area contributed by atoms with Gasteiger partial charge in [-0.1, -0.05) is 38.3 Å². The Morgan fingerprint density at radius 1 is 1.28 bits per heavy atom. The number of nitrogens with one attached hydrogen (secondary N) is 1. The zero-order chi connectivity index (χ0) is 13.0. The molecule has 0 spiro atoms. The Morgan fingerprint density at radius 2 is 2.00 bits per heavy atom. The van der Waals surface area contributed by atoms with E-state index in [0.29, 0.717) is 12.0 Å². The third-order valence-electron chi connectivity index (χ3n) is 4.10. The standard InChI is InChI=1S/C16H24FN/c1-3-18-16(13-7-5-4-6-8-13)14-10-9-12(2)15(17)11-14/h9-11,13,16,18H,3-8H2,1-2H3. The summed E-state index contributed by atoms with van der Waals surface area (Å²) in [4.78, 5) is 0. The second kappa shape index (κ2) is 6.33. The average molecular weight is 249 g/mol. The van der Waals surface area contributed by atoms with Gasteiger partial charge in [0.05, 0.1) is 0 Å². The largest absolute Gasteiger partial charge is 0.310 e.